The van der Waals surface area contributed by atoms with Crippen molar-refractivity contribution in [3.63, 3.8) is 0 Å². The molecule has 0 saturated heterocycles. The minimum atomic E-state index is 0.148. The van der Waals surface area contributed by atoms with E-state index in [1.807, 2.05) is 0 Å². The van der Waals surface area contributed by atoms with E-state index in [4.69, 9.17) is 4.74 Å². The molecule has 2 rings (SSSR count). The highest BCUT2D eigenvalue weighted by Gasteiger charge is 2.11. The summed E-state index contributed by atoms with van der Waals surface area (Å²) in [5, 5.41) is 12.6. The smallest absolute Gasteiger partial charge is 0.119 e. The Kier molecular flexibility index (Phi) is 5.67. The fraction of sp³-hybridized carbons (Fsp3) is 0.625. The molecule has 0 heterocycles. The third kappa shape index (κ3) is 4.22. The van der Waals surface area contributed by atoms with E-state index in [-0.39, 0.29) is 12.6 Å². The van der Waals surface area contributed by atoms with Crippen LogP contribution in [0.2, 0.25) is 0 Å². The molecule has 3 heteroatoms. The number of rotatable bonds is 8. The molecule has 0 fully saturated rings. The molecule has 1 aromatic rings. The molecule has 1 unspecified atom stereocenters. The summed E-state index contributed by atoms with van der Waals surface area (Å²) in [6.07, 6.45) is 5.59. The van der Waals surface area contributed by atoms with Gasteiger partial charge in [0.15, 0.2) is 0 Å². The van der Waals surface area contributed by atoms with Crippen LogP contribution in [0.15, 0.2) is 18.2 Å². The second-order valence-corrected chi connectivity index (χ2v) is 5.25. The molecule has 0 bridgehead atoms. The van der Waals surface area contributed by atoms with E-state index in [2.05, 4.69) is 30.4 Å². The summed E-state index contributed by atoms with van der Waals surface area (Å²) in [7, 11) is 0. The molecule has 106 valence electrons. The van der Waals surface area contributed by atoms with Crippen LogP contribution in [-0.4, -0.2) is 30.9 Å². The van der Waals surface area contributed by atoms with Gasteiger partial charge in [-0.1, -0.05) is 13.0 Å². The maximum atomic E-state index is 9.26. The Bertz CT molecular complexity index is 392. The van der Waals surface area contributed by atoms with E-state index in [0.717, 1.165) is 25.1 Å². The lowest BCUT2D eigenvalue weighted by molar-refractivity contribution is 0.209. The predicted octanol–water partition coefficient (Wildman–Crippen LogP) is 2.30. The Balaban J connectivity index is 1.75. The summed E-state index contributed by atoms with van der Waals surface area (Å²) in [5.74, 6) is 0.966. The first-order valence-electron chi connectivity index (χ1n) is 7.42. The Morgan fingerprint density at radius 3 is 2.95 bits per heavy atom. The van der Waals surface area contributed by atoms with Crippen LogP contribution in [0.4, 0.5) is 0 Å². The predicted molar refractivity (Wildman–Crippen MR) is 77.7 cm³/mol. The average Bonchev–Trinajstić information content (AvgIpc) is 2.90. The van der Waals surface area contributed by atoms with Gasteiger partial charge in [-0.15, -0.1) is 0 Å². The van der Waals surface area contributed by atoms with Gasteiger partial charge in [0.1, 0.15) is 5.75 Å². The lowest BCUT2D eigenvalue weighted by Gasteiger charge is -2.16. The fourth-order valence-corrected chi connectivity index (χ4v) is 2.56. The fourth-order valence-electron chi connectivity index (χ4n) is 2.56. The van der Waals surface area contributed by atoms with Crippen molar-refractivity contribution in [2.45, 2.75) is 45.1 Å². The van der Waals surface area contributed by atoms with Crippen LogP contribution in [0.3, 0.4) is 0 Å². The van der Waals surface area contributed by atoms with E-state index in [9.17, 15) is 5.11 Å². The van der Waals surface area contributed by atoms with E-state index >= 15 is 0 Å². The number of nitrogens with one attached hydrogen (secondary N) is 1. The van der Waals surface area contributed by atoms with Crippen molar-refractivity contribution in [2.75, 3.05) is 19.8 Å². The van der Waals surface area contributed by atoms with Crippen LogP contribution in [0.25, 0.3) is 0 Å². The molecule has 0 saturated carbocycles. The number of hydrogen-bond donors (Lipinski definition) is 2. The molecule has 1 atom stereocenters. The summed E-state index contributed by atoms with van der Waals surface area (Å²) in [4.78, 5) is 0. The summed E-state index contributed by atoms with van der Waals surface area (Å²) in [6, 6.07) is 6.58. The normalized spacial score (nSPS) is 15.3. The van der Waals surface area contributed by atoms with Gasteiger partial charge in [-0.2, -0.15) is 0 Å². The Morgan fingerprint density at radius 1 is 1.32 bits per heavy atom. The van der Waals surface area contributed by atoms with Gasteiger partial charge in [0.2, 0.25) is 0 Å². The Morgan fingerprint density at radius 2 is 2.16 bits per heavy atom. The minimum absolute atomic E-state index is 0.148. The lowest BCUT2D eigenvalue weighted by atomic mass is 10.1. The van der Waals surface area contributed by atoms with Gasteiger partial charge in [0.25, 0.3) is 0 Å². The molecule has 0 aromatic heterocycles. The van der Waals surface area contributed by atoms with Crippen molar-refractivity contribution in [2.24, 2.45) is 0 Å². The molecule has 0 spiro atoms. The van der Waals surface area contributed by atoms with Gasteiger partial charge in [0, 0.05) is 6.04 Å². The zero-order valence-electron chi connectivity index (χ0n) is 11.8. The number of ether oxygens (including phenoxy) is 1. The van der Waals surface area contributed by atoms with E-state index < -0.39 is 0 Å². The standard InChI is InChI=1S/C16H25NO2/c1-2-9-17-15(12-18)8-10-19-16-7-6-13-4-3-5-14(13)11-16/h6-7,11,15,17-18H,2-5,8-10,12H2,1H3. The average molecular weight is 263 g/mol. The number of benzene rings is 1. The van der Waals surface area contributed by atoms with Crippen LogP contribution < -0.4 is 10.1 Å². The summed E-state index contributed by atoms with van der Waals surface area (Å²) in [5.41, 5.74) is 2.92. The lowest BCUT2D eigenvalue weighted by Crippen LogP contribution is -2.34. The van der Waals surface area contributed by atoms with Gasteiger partial charge >= 0.3 is 0 Å². The van der Waals surface area contributed by atoms with Crippen LogP contribution in [-0.2, 0) is 12.8 Å². The number of fused-ring (bicyclic) bond motifs is 1. The van der Waals surface area contributed by atoms with Crippen molar-refractivity contribution in [1.82, 2.24) is 5.32 Å². The molecule has 0 radical (unpaired) electrons. The first-order chi connectivity index (χ1) is 9.33. The van der Waals surface area contributed by atoms with Gasteiger partial charge in [-0.25, -0.2) is 0 Å². The molecule has 0 aliphatic heterocycles. The number of hydrogen-bond acceptors (Lipinski definition) is 3. The first-order valence-corrected chi connectivity index (χ1v) is 7.42. The molecule has 0 amide bonds. The third-order valence-electron chi connectivity index (χ3n) is 3.71. The van der Waals surface area contributed by atoms with Crippen LogP contribution in [0.1, 0.15) is 37.3 Å². The molecule has 2 N–H and O–H groups in total. The van der Waals surface area contributed by atoms with Crippen LogP contribution in [0, 0.1) is 0 Å². The van der Waals surface area contributed by atoms with Crippen molar-refractivity contribution >= 4 is 0 Å². The quantitative estimate of drug-likeness (QED) is 0.756. The van der Waals surface area contributed by atoms with Gasteiger partial charge in [-0.05, 0) is 61.9 Å². The largest absolute Gasteiger partial charge is 0.494 e. The Hall–Kier alpha value is -1.06. The van der Waals surface area contributed by atoms with Gasteiger partial charge < -0.3 is 15.2 Å². The monoisotopic (exact) mass is 263 g/mol. The Labute approximate surface area is 116 Å². The minimum Gasteiger partial charge on any atom is -0.494 e. The second-order valence-electron chi connectivity index (χ2n) is 5.25. The number of aliphatic hydroxyl groups excluding tert-OH is 1. The maximum Gasteiger partial charge on any atom is 0.119 e. The van der Waals surface area contributed by atoms with Crippen molar-refractivity contribution in [3.05, 3.63) is 29.3 Å². The maximum absolute atomic E-state index is 9.26. The highest BCUT2D eigenvalue weighted by Crippen LogP contribution is 2.26. The second kappa shape index (κ2) is 7.51. The van der Waals surface area contributed by atoms with Crippen molar-refractivity contribution in [3.8, 4) is 5.75 Å². The zero-order valence-corrected chi connectivity index (χ0v) is 11.8. The first kappa shape index (κ1) is 14.4. The number of aryl methyl sites for hydroxylation is 2. The SMILES string of the molecule is CCCNC(CO)CCOc1ccc2c(c1)CCC2. The van der Waals surface area contributed by atoms with Gasteiger partial charge in [0.05, 0.1) is 13.2 Å². The summed E-state index contributed by atoms with van der Waals surface area (Å²) in [6.45, 7) is 3.90. The van der Waals surface area contributed by atoms with E-state index in [0.29, 0.717) is 6.61 Å². The third-order valence-corrected chi connectivity index (χ3v) is 3.71. The zero-order chi connectivity index (χ0) is 13.5. The van der Waals surface area contributed by atoms with E-state index in [1.165, 1.54) is 30.4 Å². The molecule has 19 heavy (non-hydrogen) atoms. The highest BCUT2D eigenvalue weighted by atomic mass is 16.5. The highest BCUT2D eigenvalue weighted by molar-refractivity contribution is 5.38. The van der Waals surface area contributed by atoms with E-state index in [1.54, 1.807) is 0 Å². The topological polar surface area (TPSA) is 41.5 Å². The van der Waals surface area contributed by atoms with Gasteiger partial charge in [-0.3, -0.25) is 0 Å². The van der Waals surface area contributed by atoms with Crippen LogP contribution in [0.5, 0.6) is 5.75 Å². The number of aliphatic hydroxyl groups is 1. The van der Waals surface area contributed by atoms with Crippen molar-refractivity contribution < 1.29 is 9.84 Å². The summed E-state index contributed by atoms with van der Waals surface area (Å²) < 4.78 is 5.79. The van der Waals surface area contributed by atoms with Crippen molar-refractivity contribution in [1.29, 1.82) is 0 Å². The molecule has 3 nitrogen and oxygen atoms in total. The van der Waals surface area contributed by atoms with Crippen LogP contribution >= 0.6 is 0 Å². The molecule has 1 aliphatic carbocycles. The molecule has 1 aliphatic rings. The molecule has 1 aromatic carbocycles. The molecular weight excluding hydrogens is 238 g/mol. The molecular formula is C16H25NO2. The summed E-state index contributed by atoms with van der Waals surface area (Å²) >= 11 is 0.